The summed E-state index contributed by atoms with van der Waals surface area (Å²) in [7, 11) is 4.64. The summed E-state index contributed by atoms with van der Waals surface area (Å²) in [5.74, 6) is 1.55. The lowest BCUT2D eigenvalue weighted by Gasteiger charge is -2.30. The molecule has 0 radical (unpaired) electrons. The lowest BCUT2D eigenvalue weighted by Crippen LogP contribution is -2.30. The fourth-order valence-corrected chi connectivity index (χ4v) is 3.54. The van der Waals surface area contributed by atoms with Crippen LogP contribution in [-0.2, 0) is 9.53 Å². The number of hydrogen-bond acceptors (Lipinski definition) is 8. The van der Waals surface area contributed by atoms with Gasteiger partial charge in [-0.25, -0.2) is 9.48 Å². The quantitative estimate of drug-likeness (QED) is 0.673. The van der Waals surface area contributed by atoms with E-state index in [1.54, 1.807) is 31.9 Å². The number of anilines is 1. The van der Waals surface area contributed by atoms with E-state index in [0.29, 0.717) is 40.8 Å². The number of benzene rings is 1. The van der Waals surface area contributed by atoms with Gasteiger partial charge in [0.2, 0.25) is 11.7 Å². The number of nitrogens with zero attached hydrogens (tertiary/aromatic N) is 3. The molecule has 9 heteroatoms. The largest absolute Gasteiger partial charge is 0.493 e. The van der Waals surface area contributed by atoms with Crippen LogP contribution in [0.3, 0.4) is 0 Å². The summed E-state index contributed by atoms with van der Waals surface area (Å²) >= 11 is 0. The minimum atomic E-state index is -0.593. The Balaban J connectivity index is 2.28. The van der Waals surface area contributed by atoms with Crippen molar-refractivity contribution < 1.29 is 23.7 Å². The maximum Gasteiger partial charge on any atom is 0.338 e. The van der Waals surface area contributed by atoms with E-state index in [0.717, 1.165) is 12.1 Å². The zero-order valence-electron chi connectivity index (χ0n) is 17.3. The van der Waals surface area contributed by atoms with Crippen molar-refractivity contribution in [1.29, 1.82) is 0 Å². The predicted molar refractivity (Wildman–Crippen MR) is 106 cm³/mol. The van der Waals surface area contributed by atoms with Crippen molar-refractivity contribution in [2.24, 2.45) is 0 Å². The molecular weight excluding hydrogens is 376 g/mol. The third-order valence-electron chi connectivity index (χ3n) is 4.70. The number of hydrogen-bond donors (Lipinski definition) is 1. The molecule has 3 rings (SSSR count). The van der Waals surface area contributed by atoms with Crippen LogP contribution in [0.5, 0.6) is 17.2 Å². The molecule has 0 amide bonds. The second-order valence-corrected chi connectivity index (χ2v) is 6.34. The molecule has 2 aromatic rings. The second kappa shape index (κ2) is 8.85. The molecule has 1 unspecified atom stereocenters. The van der Waals surface area contributed by atoms with Gasteiger partial charge in [-0.2, -0.15) is 10.1 Å². The Hall–Kier alpha value is -3.23. The van der Waals surface area contributed by atoms with E-state index in [2.05, 4.69) is 15.4 Å². The lowest BCUT2D eigenvalue weighted by atomic mass is 9.93. The van der Waals surface area contributed by atoms with E-state index in [9.17, 15) is 4.79 Å². The molecule has 1 aromatic heterocycles. The van der Waals surface area contributed by atoms with Crippen LogP contribution < -0.4 is 19.5 Å². The van der Waals surface area contributed by atoms with E-state index < -0.39 is 12.0 Å². The van der Waals surface area contributed by atoms with Gasteiger partial charge in [-0.05, 0) is 25.5 Å². The molecule has 29 heavy (non-hydrogen) atoms. The van der Waals surface area contributed by atoms with Crippen molar-refractivity contribution in [3.8, 4) is 17.2 Å². The number of fused-ring (bicyclic) bond motifs is 1. The summed E-state index contributed by atoms with van der Waals surface area (Å²) in [6.45, 7) is 4.09. The van der Waals surface area contributed by atoms with E-state index in [1.807, 2.05) is 13.0 Å². The Morgan fingerprint density at radius 2 is 1.90 bits per heavy atom. The molecule has 2 heterocycles. The normalized spacial score (nSPS) is 15.4. The maximum absolute atomic E-state index is 13.0. The van der Waals surface area contributed by atoms with Crippen LogP contribution in [0.1, 0.15) is 38.3 Å². The van der Waals surface area contributed by atoms with Crippen LogP contribution in [0.25, 0.3) is 0 Å². The van der Waals surface area contributed by atoms with Crippen LogP contribution in [0.4, 0.5) is 5.95 Å². The molecule has 0 fully saturated rings. The molecule has 1 aromatic carbocycles. The summed E-state index contributed by atoms with van der Waals surface area (Å²) in [6.07, 6.45) is 2.95. The van der Waals surface area contributed by atoms with Crippen LogP contribution >= 0.6 is 0 Å². The Labute approximate surface area is 169 Å². The average molecular weight is 402 g/mol. The molecule has 1 atom stereocenters. The minimum Gasteiger partial charge on any atom is -0.493 e. The van der Waals surface area contributed by atoms with Gasteiger partial charge < -0.3 is 24.3 Å². The molecule has 156 valence electrons. The number of ether oxygens (including phenoxy) is 4. The lowest BCUT2D eigenvalue weighted by molar-refractivity contribution is -0.139. The van der Waals surface area contributed by atoms with Gasteiger partial charge in [0.05, 0.1) is 33.5 Å². The standard InChI is InChI=1S/C20H26N4O5/c1-6-8-13-15(19(25)29-7-2)16(24-20(23-13)21-11-22-24)12-9-10-14(26-3)18(28-5)17(12)27-4/h9-11,16H,6-8H2,1-5H3,(H,21,22,23). The maximum atomic E-state index is 13.0. The molecule has 0 saturated carbocycles. The third-order valence-corrected chi connectivity index (χ3v) is 4.70. The number of aromatic nitrogens is 3. The molecule has 1 aliphatic rings. The fourth-order valence-electron chi connectivity index (χ4n) is 3.54. The van der Waals surface area contributed by atoms with Crippen molar-refractivity contribution in [1.82, 2.24) is 14.8 Å². The van der Waals surface area contributed by atoms with Crippen LogP contribution in [0.2, 0.25) is 0 Å². The first kappa shape index (κ1) is 20.5. The Morgan fingerprint density at radius 1 is 1.14 bits per heavy atom. The predicted octanol–water partition coefficient (Wildman–Crippen LogP) is 2.94. The van der Waals surface area contributed by atoms with Crippen LogP contribution in [0.15, 0.2) is 29.7 Å². The number of nitrogens with one attached hydrogen (secondary N) is 1. The highest BCUT2D eigenvalue weighted by atomic mass is 16.5. The number of carbonyl (C=O) groups is 1. The van der Waals surface area contributed by atoms with Crippen molar-refractivity contribution in [3.63, 3.8) is 0 Å². The van der Waals surface area contributed by atoms with E-state index in [1.165, 1.54) is 13.4 Å². The van der Waals surface area contributed by atoms with Crippen molar-refractivity contribution >= 4 is 11.9 Å². The van der Waals surface area contributed by atoms with Gasteiger partial charge in [-0.3, -0.25) is 0 Å². The first-order valence-corrected chi connectivity index (χ1v) is 9.46. The van der Waals surface area contributed by atoms with Crippen LogP contribution in [-0.4, -0.2) is 48.7 Å². The number of carbonyl (C=O) groups excluding carboxylic acids is 1. The molecular formula is C20H26N4O5. The van der Waals surface area contributed by atoms with Gasteiger partial charge in [0.1, 0.15) is 12.4 Å². The molecule has 0 saturated heterocycles. The fraction of sp³-hybridized carbons (Fsp3) is 0.450. The molecule has 0 aliphatic carbocycles. The van der Waals surface area contributed by atoms with Gasteiger partial charge in [-0.1, -0.05) is 13.3 Å². The zero-order chi connectivity index (χ0) is 21.0. The highest BCUT2D eigenvalue weighted by molar-refractivity contribution is 5.92. The molecule has 9 nitrogen and oxygen atoms in total. The topological polar surface area (TPSA) is 96.7 Å². The highest BCUT2D eigenvalue weighted by Gasteiger charge is 2.38. The minimum absolute atomic E-state index is 0.266. The summed E-state index contributed by atoms with van der Waals surface area (Å²) in [4.78, 5) is 17.3. The SMILES string of the molecule is CCCC1=C(C(=O)OCC)C(c2ccc(OC)c(OC)c2OC)n2ncnc2N1. The zero-order valence-corrected chi connectivity index (χ0v) is 17.3. The molecule has 1 N–H and O–H groups in total. The summed E-state index contributed by atoms with van der Waals surface area (Å²) in [5.41, 5.74) is 1.92. The molecule has 0 bridgehead atoms. The van der Waals surface area contributed by atoms with Gasteiger partial charge in [0, 0.05) is 11.3 Å². The third kappa shape index (κ3) is 3.59. The molecule has 0 spiro atoms. The van der Waals surface area contributed by atoms with Gasteiger partial charge in [-0.15, -0.1) is 0 Å². The van der Waals surface area contributed by atoms with Gasteiger partial charge >= 0.3 is 5.97 Å². The number of esters is 1. The monoisotopic (exact) mass is 402 g/mol. The van der Waals surface area contributed by atoms with Crippen LogP contribution in [0, 0.1) is 0 Å². The van der Waals surface area contributed by atoms with E-state index >= 15 is 0 Å². The molecule has 1 aliphatic heterocycles. The Morgan fingerprint density at radius 3 is 2.52 bits per heavy atom. The first-order valence-electron chi connectivity index (χ1n) is 9.46. The highest BCUT2D eigenvalue weighted by Crippen LogP contribution is 2.47. The second-order valence-electron chi connectivity index (χ2n) is 6.34. The smallest absolute Gasteiger partial charge is 0.338 e. The summed E-state index contributed by atoms with van der Waals surface area (Å²) < 4.78 is 23.6. The van der Waals surface area contributed by atoms with Crippen molar-refractivity contribution in [2.75, 3.05) is 33.3 Å². The Bertz CT molecular complexity index is 922. The van der Waals surface area contributed by atoms with Crippen molar-refractivity contribution in [3.05, 3.63) is 35.3 Å². The average Bonchev–Trinajstić information content (AvgIpc) is 3.20. The first-order chi connectivity index (χ1) is 14.1. The summed E-state index contributed by atoms with van der Waals surface area (Å²) in [6, 6.07) is 3.02. The van der Waals surface area contributed by atoms with Gasteiger partial charge in [0.25, 0.3) is 0 Å². The number of allylic oxidation sites excluding steroid dienone is 1. The number of rotatable bonds is 8. The van der Waals surface area contributed by atoms with Crippen molar-refractivity contribution in [2.45, 2.75) is 32.7 Å². The van der Waals surface area contributed by atoms with Gasteiger partial charge in [0.15, 0.2) is 11.5 Å². The Kier molecular flexibility index (Phi) is 6.26. The van der Waals surface area contributed by atoms with E-state index in [-0.39, 0.29) is 6.61 Å². The van der Waals surface area contributed by atoms with E-state index in [4.69, 9.17) is 18.9 Å². The number of methoxy groups -OCH3 is 3. The summed E-state index contributed by atoms with van der Waals surface area (Å²) in [5, 5.41) is 7.58.